The quantitative estimate of drug-likeness (QED) is 0.691. The van der Waals surface area contributed by atoms with Crippen molar-refractivity contribution in [1.82, 2.24) is 24.9 Å². The third-order valence-corrected chi connectivity index (χ3v) is 5.47. The van der Waals surface area contributed by atoms with Gasteiger partial charge in [-0.3, -0.25) is 14.3 Å². The number of carbonyl (C=O) groups is 1. The molecule has 29 heavy (non-hydrogen) atoms. The van der Waals surface area contributed by atoms with E-state index in [-0.39, 0.29) is 29.1 Å². The zero-order valence-corrected chi connectivity index (χ0v) is 17.1. The summed E-state index contributed by atoms with van der Waals surface area (Å²) in [6, 6.07) is 3.80. The highest BCUT2D eigenvalue weighted by Gasteiger charge is 2.29. The van der Waals surface area contributed by atoms with E-state index < -0.39 is 11.9 Å². The number of aromatic nitrogens is 4. The fraction of sp³-hybridized carbons (Fsp3) is 0.400. The van der Waals surface area contributed by atoms with E-state index >= 15 is 0 Å². The van der Waals surface area contributed by atoms with E-state index in [0.717, 1.165) is 23.9 Å². The van der Waals surface area contributed by atoms with Crippen LogP contribution >= 0.6 is 11.6 Å². The van der Waals surface area contributed by atoms with Gasteiger partial charge in [-0.05, 0) is 51.3 Å². The maximum Gasteiger partial charge on any atom is 0.293 e. The molecule has 0 radical (unpaired) electrons. The van der Waals surface area contributed by atoms with Gasteiger partial charge in [-0.2, -0.15) is 10.2 Å². The minimum atomic E-state index is -0.449. The van der Waals surface area contributed by atoms with Crippen molar-refractivity contribution in [2.75, 3.05) is 0 Å². The van der Waals surface area contributed by atoms with E-state index in [2.05, 4.69) is 15.5 Å². The molecular weight excluding hydrogens is 397 g/mol. The van der Waals surface area contributed by atoms with Gasteiger partial charge < -0.3 is 5.32 Å². The Kier molecular flexibility index (Phi) is 4.90. The molecule has 4 rings (SSSR count). The van der Waals surface area contributed by atoms with Crippen molar-refractivity contribution in [3.63, 3.8) is 0 Å². The highest BCUT2D eigenvalue weighted by atomic mass is 35.5. The van der Waals surface area contributed by atoms with E-state index in [9.17, 15) is 14.0 Å². The molecule has 9 heteroatoms. The Balaban J connectivity index is 1.60. The second kappa shape index (κ2) is 7.26. The highest BCUT2D eigenvalue weighted by molar-refractivity contribution is 6.31. The summed E-state index contributed by atoms with van der Waals surface area (Å²) in [6.07, 6.45) is 1.99. The van der Waals surface area contributed by atoms with E-state index in [1.54, 1.807) is 11.6 Å². The minimum absolute atomic E-state index is 0.229. The summed E-state index contributed by atoms with van der Waals surface area (Å²) in [5, 5.41) is 12.6. The molecule has 0 spiro atoms. The van der Waals surface area contributed by atoms with Crippen LogP contribution in [-0.4, -0.2) is 25.5 Å². The lowest BCUT2D eigenvalue weighted by molar-refractivity contribution is -0.122. The summed E-state index contributed by atoms with van der Waals surface area (Å²) < 4.78 is 16.2. The normalized spacial score (nSPS) is 14.9. The van der Waals surface area contributed by atoms with Crippen LogP contribution in [-0.2, 0) is 11.3 Å². The molecule has 1 atom stereocenters. The van der Waals surface area contributed by atoms with Gasteiger partial charge in [-0.15, -0.1) is 0 Å². The number of hydrogen-bond donors (Lipinski definition) is 1. The van der Waals surface area contributed by atoms with Gasteiger partial charge in [0.25, 0.3) is 5.56 Å². The Bertz CT molecular complexity index is 1180. The first-order valence-electron chi connectivity index (χ1n) is 9.47. The van der Waals surface area contributed by atoms with Gasteiger partial charge in [0.2, 0.25) is 5.91 Å². The van der Waals surface area contributed by atoms with Gasteiger partial charge in [0.05, 0.1) is 28.9 Å². The zero-order valence-electron chi connectivity index (χ0n) is 16.4. The molecule has 0 saturated heterocycles. The first-order chi connectivity index (χ1) is 13.8. The molecule has 1 N–H and O–H groups in total. The molecule has 3 aromatic rings. The maximum absolute atomic E-state index is 13.2. The Morgan fingerprint density at radius 2 is 2.00 bits per heavy atom. The number of hydrogen-bond acceptors (Lipinski definition) is 4. The minimum Gasteiger partial charge on any atom is -0.348 e. The van der Waals surface area contributed by atoms with Gasteiger partial charge in [0, 0.05) is 5.02 Å². The number of aryl methyl sites for hydroxylation is 2. The van der Waals surface area contributed by atoms with Crippen LogP contribution in [0, 0.1) is 19.7 Å². The molecule has 0 bridgehead atoms. The van der Waals surface area contributed by atoms with Crippen LogP contribution in [0.25, 0.3) is 10.9 Å². The molecule has 1 aliphatic rings. The number of nitrogens with zero attached hydrogens (tertiary/aromatic N) is 4. The van der Waals surface area contributed by atoms with E-state index in [4.69, 9.17) is 11.6 Å². The van der Waals surface area contributed by atoms with Gasteiger partial charge in [0.15, 0.2) is 0 Å². The fourth-order valence-corrected chi connectivity index (χ4v) is 3.96. The van der Waals surface area contributed by atoms with E-state index in [1.165, 1.54) is 22.9 Å². The van der Waals surface area contributed by atoms with Crippen LogP contribution in [0.1, 0.15) is 48.8 Å². The summed E-state index contributed by atoms with van der Waals surface area (Å²) in [6.45, 7) is 5.18. The summed E-state index contributed by atoms with van der Waals surface area (Å²) in [7, 11) is 0. The Morgan fingerprint density at radius 3 is 2.66 bits per heavy atom. The highest BCUT2D eigenvalue weighted by Crippen LogP contribution is 2.36. The van der Waals surface area contributed by atoms with E-state index in [0.29, 0.717) is 16.8 Å². The monoisotopic (exact) mass is 417 g/mol. The standard InChI is InChI=1S/C20H21ClFN5O2/c1-10(15-7-4-13(22)8-16(15)21)23-17(28)9-26-20(29)19-18(11(2)24-26)12(3)25-27(19)14-5-6-14/h4,7-8,10,14H,5-6,9H2,1-3H3,(H,23,28)/t10-/m0/s1. The molecule has 0 aliphatic heterocycles. The molecule has 2 aromatic heterocycles. The lowest BCUT2D eigenvalue weighted by Gasteiger charge is -2.16. The SMILES string of the molecule is Cc1nn(CC(=O)N[C@@H](C)c2ccc(F)cc2Cl)c(=O)c2c1c(C)nn2C1CC1. The van der Waals surface area contributed by atoms with E-state index in [1.807, 2.05) is 13.8 Å². The predicted octanol–water partition coefficient (Wildman–Crippen LogP) is 3.21. The summed E-state index contributed by atoms with van der Waals surface area (Å²) in [5.74, 6) is -0.833. The van der Waals surface area contributed by atoms with Crippen molar-refractivity contribution in [3.8, 4) is 0 Å². The van der Waals surface area contributed by atoms with Crippen molar-refractivity contribution in [2.24, 2.45) is 0 Å². The van der Waals surface area contributed by atoms with Crippen LogP contribution in [0.2, 0.25) is 5.02 Å². The van der Waals surface area contributed by atoms with Gasteiger partial charge in [-0.1, -0.05) is 17.7 Å². The molecule has 1 fully saturated rings. The molecule has 1 aliphatic carbocycles. The second-order valence-electron chi connectivity index (χ2n) is 7.49. The Morgan fingerprint density at radius 1 is 1.31 bits per heavy atom. The zero-order chi connectivity index (χ0) is 20.9. The second-order valence-corrected chi connectivity index (χ2v) is 7.90. The van der Waals surface area contributed by atoms with Crippen LogP contribution in [0.5, 0.6) is 0 Å². The molecular formula is C20H21ClFN5O2. The molecule has 1 amide bonds. The maximum atomic E-state index is 13.2. The number of benzene rings is 1. The number of amides is 1. The third-order valence-electron chi connectivity index (χ3n) is 5.15. The van der Waals surface area contributed by atoms with Crippen molar-refractivity contribution in [1.29, 1.82) is 0 Å². The predicted molar refractivity (Wildman–Crippen MR) is 108 cm³/mol. The average Bonchev–Trinajstić information content (AvgIpc) is 3.41. The summed E-state index contributed by atoms with van der Waals surface area (Å²) in [4.78, 5) is 25.6. The number of halogens is 2. The van der Waals surface area contributed by atoms with Crippen LogP contribution in [0.3, 0.4) is 0 Å². The van der Waals surface area contributed by atoms with Crippen LogP contribution in [0.15, 0.2) is 23.0 Å². The van der Waals surface area contributed by atoms with Crippen molar-refractivity contribution >= 4 is 28.4 Å². The van der Waals surface area contributed by atoms with Gasteiger partial charge >= 0.3 is 0 Å². The topological polar surface area (TPSA) is 81.8 Å². The summed E-state index contributed by atoms with van der Waals surface area (Å²) in [5.41, 5.74) is 2.19. The van der Waals surface area contributed by atoms with Crippen molar-refractivity contribution in [2.45, 2.75) is 52.2 Å². The van der Waals surface area contributed by atoms with Crippen molar-refractivity contribution in [3.05, 3.63) is 56.3 Å². The van der Waals surface area contributed by atoms with Crippen molar-refractivity contribution < 1.29 is 9.18 Å². The number of rotatable bonds is 5. The average molecular weight is 418 g/mol. The number of carbonyl (C=O) groups excluding carboxylic acids is 1. The molecule has 1 saturated carbocycles. The lowest BCUT2D eigenvalue weighted by Crippen LogP contribution is -2.35. The number of fused-ring (bicyclic) bond motifs is 1. The first-order valence-corrected chi connectivity index (χ1v) is 9.85. The Hall–Kier alpha value is -2.74. The summed E-state index contributed by atoms with van der Waals surface area (Å²) >= 11 is 6.07. The largest absolute Gasteiger partial charge is 0.348 e. The van der Waals surface area contributed by atoms with Crippen LogP contribution < -0.4 is 10.9 Å². The molecule has 2 heterocycles. The van der Waals surface area contributed by atoms with Gasteiger partial charge in [-0.25, -0.2) is 9.07 Å². The fourth-order valence-electron chi connectivity index (χ4n) is 3.63. The lowest BCUT2D eigenvalue weighted by atomic mass is 10.1. The smallest absolute Gasteiger partial charge is 0.293 e. The van der Waals surface area contributed by atoms with Gasteiger partial charge in [0.1, 0.15) is 17.9 Å². The Labute approximate surface area is 171 Å². The molecule has 7 nitrogen and oxygen atoms in total. The molecule has 0 unspecified atom stereocenters. The molecule has 1 aromatic carbocycles. The van der Waals surface area contributed by atoms with Crippen LogP contribution in [0.4, 0.5) is 4.39 Å². The first kappa shape index (κ1) is 19.6. The third kappa shape index (κ3) is 3.64. The number of nitrogens with one attached hydrogen (secondary N) is 1. The molecule has 152 valence electrons.